The van der Waals surface area contributed by atoms with Crippen molar-refractivity contribution in [1.82, 2.24) is 14.9 Å². The van der Waals surface area contributed by atoms with E-state index in [9.17, 15) is 0 Å². The van der Waals surface area contributed by atoms with E-state index in [1.54, 1.807) is 0 Å². The van der Waals surface area contributed by atoms with E-state index < -0.39 is 0 Å². The van der Waals surface area contributed by atoms with Crippen LogP contribution in [0.4, 0.5) is 11.5 Å². The summed E-state index contributed by atoms with van der Waals surface area (Å²) in [5.74, 6) is 1.97. The predicted octanol–water partition coefficient (Wildman–Crippen LogP) is 2.55. The van der Waals surface area contributed by atoms with Crippen LogP contribution in [-0.4, -0.2) is 79.9 Å². The molecule has 3 aliphatic rings. The summed E-state index contributed by atoms with van der Waals surface area (Å²) in [4.78, 5) is 17.2. The lowest BCUT2D eigenvalue weighted by Gasteiger charge is -2.32. The van der Waals surface area contributed by atoms with Gasteiger partial charge in [0.2, 0.25) is 0 Å². The smallest absolute Gasteiger partial charge is 0.161 e. The number of nitrogens with two attached hydrogens (primary N) is 1. The summed E-state index contributed by atoms with van der Waals surface area (Å²) >= 11 is 0. The summed E-state index contributed by atoms with van der Waals surface area (Å²) < 4.78 is 5.47. The Kier molecular flexibility index (Phi) is 6.86. The quantitative estimate of drug-likeness (QED) is 0.746. The van der Waals surface area contributed by atoms with Crippen LogP contribution in [0.2, 0.25) is 0 Å². The van der Waals surface area contributed by atoms with Gasteiger partial charge in [-0.1, -0.05) is 0 Å². The van der Waals surface area contributed by atoms with Gasteiger partial charge >= 0.3 is 0 Å². The largest absolute Gasteiger partial charge is 0.379 e. The Labute approximate surface area is 191 Å². The molecule has 2 aromatic rings. The van der Waals surface area contributed by atoms with Crippen LogP contribution in [0.3, 0.4) is 0 Å². The molecule has 0 radical (unpaired) electrons. The average molecular weight is 437 g/mol. The SMILES string of the molecule is NC1CCN(c2ccc(-c3ncc4c(n3)N(CCCN3CCOCC3)CCC4)cc2)CC1. The molecule has 2 N–H and O–H groups in total. The summed E-state index contributed by atoms with van der Waals surface area (Å²) in [5.41, 5.74) is 9.69. The lowest BCUT2D eigenvalue weighted by Crippen LogP contribution is -2.39. The van der Waals surface area contributed by atoms with E-state index in [-0.39, 0.29) is 0 Å². The second kappa shape index (κ2) is 10.1. The van der Waals surface area contributed by atoms with Gasteiger partial charge in [0.05, 0.1) is 13.2 Å². The van der Waals surface area contributed by atoms with Crippen molar-refractivity contribution in [2.75, 3.05) is 68.8 Å². The first-order valence-electron chi connectivity index (χ1n) is 12.3. The predicted molar refractivity (Wildman–Crippen MR) is 129 cm³/mol. The Morgan fingerprint density at radius 3 is 2.53 bits per heavy atom. The van der Waals surface area contributed by atoms with Crippen LogP contribution in [0.1, 0.15) is 31.2 Å². The van der Waals surface area contributed by atoms with E-state index >= 15 is 0 Å². The standard InChI is InChI=1S/C25H36N6O/c26-22-8-13-30(14-9-22)23-6-4-20(5-7-23)24-27-19-21-3-1-11-31(25(21)28-24)12-2-10-29-15-17-32-18-16-29/h4-7,19,22H,1-3,8-18,26H2. The number of rotatable bonds is 6. The molecule has 0 unspecified atom stereocenters. The molecular weight excluding hydrogens is 400 g/mol. The Morgan fingerprint density at radius 2 is 1.75 bits per heavy atom. The number of anilines is 2. The highest BCUT2D eigenvalue weighted by atomic mass is 16.5. The van der Waals surface area contributed by atoms with Crippen molar-refractivity contribution in [2.24, 2.45) is 5.73 Å². The van der Waals surface area contributed by atoms with Crippen molar-refractivity contribution in [3.8, 4) is 11.4 Å². The molecule has 0 amide bonds. The Bertz CT molecular complexity index is 875. The molecule has 0 atom stereocenters. The fourth-order valence-electron chi connectivity index (χ4n) is 5.06. The molecule has 7 heteroatoms. The number of aromatic nitrogens is 2. The van der Waals surface area contributed by atoms with Gasteiger partial charge in [0.15, 0.2) is 5.82 Å². The molecule has 1 aromatic carbocycles. The number of fused-ring (bicyclic) bond motifs is 1. The third kappa shape index (κ3) is 5.05. The number of ether oxygens (including phenoxy) is 1. The summed E-state index contributed by atoms with van der Waals surface area (Å²) in [7, 11) is 0. The molecule has 3 aliphatic heterocycles. The van der Waals surface area contributed by atoms with Gasteiger partial charge in [0.1, 0.15) is 5.82 Å². The Morgan fingerprint density at radius 1 is 0.969 bits per heavy atom. The fraction of sp³-hybridized carbons (Fsp3) is 0.600. The maximum Gasteiger partial charge on any atom is 0.161 e. The summed E-state index contributed by atoms with van der Waals surface area (Å²) in [5, 5.41) is 0. The third-order valence-electron chi connectivity index (χ3n) is 7.05. The fourth-order valence-corrected chi connectivity index (χ4v) is 5.06. The molecule has 7 nitrogen and oxygen atoms in total. The first-order chi connectivity index (χ1) is 15.8. The second-order valence-electron chi connectivity index (χ2n) is 9.31. The van der Waals surface area contributed by atoms with Crippen molar-refractivity contribution in [3.05, 3.63) is 36.0 Å². The van der Waals surface area contributed by atoms with Crippen LogP contribution in [0, 0.1) is 0 Å². The Balaban J connectivity index is 1.25. The molecule has 0 spiro atoms. The molecule has 0 saturated carbocycles. The van der Waals surface area contributed by atoms with Gasteiger partial charge in [-0.3, -0.25) is 4.90 Å². The van der Waals surface area contributed by atoms with E-state index in [0.29, 0.717) is 6.04 Å². The van der Waals surface area contributed by atoms with Crippen LogP contribution in [0.5, 0.6) is 0 Å². The number of hydrogen-bond donors (Lipinski definition) is 1. The van der Waals surface area contributed by atoms with Crippen molar-refractivity contribution >= 4 is 11.5 Å². The maximum absolute atomic E-state index is 6.06. The molecule has 2 saturated heterocycles. The van der Waals surface area contributed by atoms with Crippen LogP contribution >= 0.6 is 0 Å². The van der Waals surface area contributed by atoms with Crippen molar-refractivity contribution in [2.45, 2.75) is 38.1 Å². The zero-order valence-corrected chi connectivity index (χ0v) is 19.1. The monoisotopic (exact) mass is 436 g/mol. The van der Waals surface area contributed by atoms with Gasteiger partial charge in [0.25, 0.3) is 0 Å². The van der Waals surface area contributed by atoms with Crippen LogP contribution in [0.25, 0.3) is 11.4 Å². The Hall–Kier alpha value is -2.22. The second-order valence-corrected chi connectivity index (χ2v) is 9.31. The van der Waals surface area contributed by atoms with E-state index in [1.165, 1.54) is 17.7 Å². The summed E-state index contributed by atoms with van der Waals surface area (Å²) in [6, 6.07) is 9.09. The van der Waals surface area contributed by atoms with E-state index in [4.69, 9.17) is 20.4 Å². The van der Waals surface area contributed by atoms with Gasteiger partial charge in [-0.05, 0) is 56.4 Å². The average Bonchev–Trinajstić information content (AvgIpc) is 2.85. The molecule has 1 aromatic heterocycles. The minimum absolute atomic E-state index is 0.353. The third-order valence-corrected chi connectivity index (χ3v) is 7.05. The minimum Gasteiger partial charge on any atom is -0.379 e. The zero-order chi connectivity index (χ0) is 21.8. The number of morpholine rings is 1. The van der Waals surface area contributed by atoms with Gasteiger partial charge in [-0.2, -0.15) is 0 Å². The summed E-state index contributed by atoms with van der Waals surface area (Å²) in [6.07, 6.45) is 7.60. The van der Waals surface area contributed by atoms with E-state index in [2.05, 4.69) is 39.0 Å². The number of hydrogen-bond acceptors (Lipinski definition) is 7. The van der Waals surface area contributed by atoms with Crippen LogP contribution in [0.15, 0.2) is 30.5 Å². The normalized spacial score (nSPS) is 20.4. The number of benzene rings is 1. The molecule has 172 valence electrons. The highest BCUT2D eigenvalue weighted by Crippen LogP contribution is 2.28. The summed E-state index contributed by atoms with van der Waals surface area (Å²) in [6.45, 7) is 9.20. The molecule has 4 heterocycles. The molecule has 32 heavy (non-hydrogen) atoms. The van der Waals surface area contributed by atoms with E-state index in [0.717, 1.165) is 102 Å². The van der Waals surface area contributed by atoms with Crippen molar-refractivity contribution < 1.29 is 4.74 Å². The lowest BCUT2D eigenvalue weighted by atomic mass is 10.0. The number of nitrogens with zero attached hydrogens (tertiary/aromatic N) is 5. The molecule has 0 bridgehead atoms. The molecular formula is C25H36N6O. The zero-order valence-electron chi connectivity index (χ0n) is 19.1. The van der Waals surface area contributed by atoms with Crippen LogP contribution < -0.4 is 15.5 Å². The minimum atomic E-state index is 0.353. The first kappa shape index (κ1) is 21.6. The number of piperidine rings is 1. The molecule has 2 fully saturated rings. The highest BCUT2D eigenvalue weighted by molar-refractivity contribution is 5.63. The molecule has 0 aliphatic carbocycles. The highest BCUT2D eigenvalue weighted by Gasteiger charge is 2.21. The van der Waals surface area contributed by atoms with Gasteiger partial charge in [-0.15, -0.1) is 0 Å². The van der Waals surface area contributed by atoms with Gasteiger partial charge in [-0.25, -0.2) is 9.97 Å². The molecule has 5 rings (SSSR count). The van der Waals surface area contributed by atoms with Gasteiger partial charge < -0.3 is 20.3 Å². The van der Waals surface area contributed by atoms with Crippen LogP contribution in [-0.2, 0) is 11.2 Å². The number of aryl methyl sites for hydroxylation is 1. The maximum atomic E-state index is 6.06. The van der Waals surface area contributed by atoms with Gasteiger partial charge in [0, 0.05) is 74.9 Å². The lowest BCUT2D eigenvalue weighted by molar-refractivity contribution is 0.0376. The van der Waals surface area contributed by atoms with Crippen molar-refractivity contribution in [1.29, 1.82) is 0 Å². The van der Waals surface area contributed by atoms with E-state index in [1.807, 2.05) is 6.20 Å². The first-order valence-corrected chi connectivity index (χ1v) is 12.3. The van der Waals surface area contributed by atoms with Crippen molar-refractivity contribution in [3.63, 3.8) is 0 Å². The topological polar surface area (TPSA) is 70.8 Å².